The number of fused-ring (bicyclic) bond motifs is 1. The van der Waals surface area contributed by atoms with E-state index in [1.54, 1.807) is 11.9 Å². The number of hydrogen-bond donors (Lipinski definition) is 1. The molecule has 6 nitrogen and oxygen atoms in total. The van der Waals surface area contributed by atoms with Crippen molar-refractivity contribution in [3.8, 4) is 5.75 Å². The van der Waals surface area contributed by atoms with Crippen molar-refractivity contribution in [1.29, 1.82) is 0 Å². The number of nitrogens with zero attached hydrogens (tertiary/aromatic N) is 3. The molecule has 0 saturated carbocycles. The first-order valence-corrected chi connectivity index (χ1v) is 6.54. The fourth-order valence-electron chi connectivity index (χ4n) is 2.40. The molecular formula is C14H16N4O2. The van der Waals surface area contributed by atoms with Crippen molar-refractivity contribution in [2.45, 2.75) is 25.5 Å². The van der Waals surface area contributed by atoms with E-state index < -0.39 is 0 Å². The molecule has 1 amide bonds. The molecule has 0 spiro atoms. The SMILES string of the molecule is CC(C1Cc2ccccc2O1)N(C)C(=O)c1cn[nH]n1. The van der Waals surface area contributed by atoms with Gasteiger partial charge in [-0.3, -0.25) is 4.79 Å². The van der Waals surface area contributed by atoms with E-state index in [2.05, 4.69) is 21.5 Å². The Labute approximate surface area is 116 Å². The fraction of sp³-hybridized carbons (Fsp3) is 0.357. The van der Waals surface area contributed by atoms with E-state index in [0.717, 1.165) is 12.2 Å². The van der Waals surface area contributed by atoms with E-state index >= 15 is 0 Å². The summed E-state index contributed by atoms with van der Waals surface area (Å²) in [5.41, 5.74) is 1.50. The molecule has 1 aliphatic heterocycles. The van der Waals surface area contributed by atoms with Crippen molar-refractivity contribution in [3.05, 3.63) is 41.7 Å². The number of aromatic amines is 1. The third-order valence-corrected chi connectivity index (χ3v) is 3.78. The molecular weight excluding hydrogens is 256 g/mol. The number of rotatable bonds is 3. The van der Waals surface area contributed by atoms with Crippen LogP contribution in [0.2, 0.25) is 0 Å². The molecule has 0 radical (unpaired) electrons. The van der Waals surface area contributed by atoms with E-state index in [0.29, 0.717) is 5.69 Å². The van der Waals surface area contributed by atoms with Crippen molar-refractivity contribution >= 4 is 5.91 Å². The minimum atomic E-state index is -0.161. The van der Waals surface area contributed by atoms with Crippen LogP contribution in [0.5, 0.6) is 5.75 Å². The first-order valence-electron chi connectivity index (χ1n) is 6.54. The van der Waals surface area contributed by atoms with Crippen LogP contribution in [0.4, 0.5) is 0 Å². The van der Waals surface area contributed by atoms with Crippen LogP contribution in [0.3, 0.4) is 0 Å². The van der Waals surface area contributed by atoms with Gasteiger partial charge in [-0.25, -0.2) is 0 Å². The molecule has 0 bridgehead atoms. The van der Waals surface area contributed by atoms with Gasteiger partial charge in [-0.15, -0.1) is 0 Å². The number of aromatic nitrogens is 3. The predicted octanol–water partition coefficient (Wildman–Crippen LogP) is 1.27. The van der Waals surface area contributed by atoms with Gasteiger partial charge in [0.25, 0.3) is 5.91 Å². The molecule has 2 atom stereocenters. The first kappa shape index (κ1) is 12.7. The summed E-state index contributed by atoms with van der Waals surface area (Å²) in [6, 6.07) is 7.92. The molecule has 6 heteroatoms. The second-order valence-corrected chi connectivity index (χ2v) is 4.98. The van der Waals surface area contributed by atoms with Gasteiger partial charge >= 0.3 is 0 Å². The molecule has 1 aromatic carbocycles. The second kappa shape index (κ2) is 4.96. The Morgan fingerprint density at radius 1 is 1.50 bits per heavy atom. The summed E-state index contributed by atoms with van der Waals surface area (Å²) in [7, 11) is 1.76. The molecule has 2 unspecified atom stereocenters. The number of H-pyrrole nitrogens is 1. The number of ether oxygens (including phenoxy) is 1. The number of nitrogens with one attached hydrogen (secondary N) is 1. The van der Waals surface area contributed by atoms with Crippen LogP contribution in [0.15, 0.2) is 30.5 Å². The van der Waals surface area contributed by atoms with Gasteiger partial charge in [0.2, 0.25) is 0 Å². The molecule has 3 rings (SSSR count). The molecule has 20 heavy (non-hydrogen) atoms. The maximum Gasteiger partial charge on any atom is 0.276 e. The Balaban J connectivity index is 1.71. The zero-order valence-electron chi connectivity index (χ0n) is 11.4. The van der Waals surface area contributed by atoms with Gasteiger partial charge in [0.15, 0.2) is 5.69 Å². The zero-order valence-corrected chi connectivity index (χ0v) is 11.4. The van der Waals surface area contributed by atoms with Gasteiger partial charge in [0, 0.05) is 13.5 Å². The van der Waals surface area contributed by atoms with Gasteiger partial charge in [-0.1, -0.05) is 18.2 Å². The van der Waals surface area contributed by atoms with Crippen LogP contribution in [0.1, 0.15) is 23.0 Å². The molecule has 1 N–H and O–H groups in total. The van der Waals surface area contributed by atoms with Crippen molar-refractivity contribution < 1.29 is 9.53 Å². The van der Waals surface area contributed by atoms with Crippen LogP contribution in [-0.2, 0) is 6.42 Å². The molecule has 2 aromatic rings. The molecule has 0 aliphatic carbocycles. The summed E-state index contributed by atoms with van der Waals surface area (Å²) >= 11 is 0. The lowest BCUT2D eigenvalue weighted by atomic mass is 10.0. The van der Waals surface area contributed by atoms with E-state index in [9.17, 15) is 4.79 Å². The number of carbonyl (C=O) groups excluding carboxylic acids is 1. The maximum absolute atomic E-state index is 12.2. The number of benzene rings is 1. The highest BCUT2D eigenvalue weighted by molar-refractivity contribution is 5.91. The summed E-state index contributed by atoms with van der Waals surface area (Å²) in [6.07, 6.45) is 2.21. The Hall–Kier alpha value is -2.37. The van der Waals surface area contributed by atoms with Crippen molar-refractivity contribution in [3.63, 3.8) is 0 Å². The lowest BCUT2D eigenvalue weighted by Crippen LogP contribution is -2.44. The van der Waals surface area contributed by atoms with E-state index in [-0.39, 0.29) is 18.1 Å². The van der Waals surface area contributed by atoms with Gasteiger partial charge in [-0.05, 0) is 18.6 Å². The Morgan fingerprint density at radius 2 is 2.30 bits per heavy atom. The Morgan fingerprint density at radius 3 is 3.00 bits per heavy atom. The van der Waals surface area contributed by atoms with Gasteiger partial charge in [0.1, 0.15) is 11.9 Å². The Bertz CT molecular complexity index is 586. The normalized spacial score (nSPS) is 18.2. The van der Waals surface area contributed by atoms with Gasteiger partial charge in [-0.2, -0.15) is 15.4 Å². The zero-order chi connectivity index (χ0) is 14.1. The van der Waals surface area contributed by atoms with E-state index in [1.807, 2.05) is 25.1 Å². The number of carbonyl (C=O) groups is 1. The van der Waals surface area contributed by atoms with Crippen molar-refractivity contribution in [1.82, 2.24) is 20.3 Å². The lowest BCUT2D eigenvalue weighted by molar-refractivity contribution is 0.0592. The largest absolute Gasteiger partial charge is 0.488 e. The van der Waals surface area contributed by atoms with E-state index in [1.165, 1.54) is 11.8 Å². The second-order valence-electron chi connectivity index (χ2n) is 4.98. The quantitative estimate of drug-likeness (QED) is 0.913. The third kappa shape index (κ3) is 2.13. The summed E-state index contributed by atoms with van der Waals surface area (Å²) in [6.45, 7) is 1.98. The smallest absolute Gasteiger partial charge is 0.276 e. The highest BCUT2D eigenvalue weighted by atomic mass is 16.5. The third-order valence-electron chi connectivity index (χ3n) is 3.78. The maximum atomic E-state index is 12.2. The van der Waals surface area contributed by atoms with Crippen LogP contribution >= 0.6 is 0 Å². The highest BCUT2D eigenvalue weighted by Gasteiger charge is 2.32. The summed E-state index contributed by atoms with van der Waals surface area (Å²) < 4.78 is 5.92. The summed E-state index contributed by atoms with van der Waals surface area (Å²) in [5.74, 6) is 0.748. The van der Waals surface area contributed by atoms with Crippen molar-refractivity contribution in [2.75, 3.05) is 7.05 Å². The van der Waals surface area contributed by atoms with Gasteiger partial charge < -0.3 is 9.64 Å². The standard InChI is InChI=1S/C14H16N4O2/c1-9(18(2)14(19)11-8-15-17-16-11)13-7-10-5-3-4-6-12(10)20-13/h3-6,8-9,13H,7H2,1-2H3,(H,15,16,17). The summed E-state index contributed by atoms with van der Waals surface area (Å²) in [5, 5.41) is 9.93. The highest BCUT2D eigenvalue weighted by Crippen LogP contribution is 2.30. The van der Waals surface area contributed by atoms with Crippen LogP contribution in [0, 0.1) is 0 Å². The number of likely N-dealkylation sites (N-methyl/N-ethyl adjacent to an activating group) is 1. The summed E-state index contributed by atoms with van der Waals surface area (Å²) in [4.78, 5) is 13.9. The number of amides is 1. The molecule has 0 fully saturated rings. The van der Waals surface area contributed by atoms with Crippen LogP contribution in [0.25, 0.3) is 0 Å². The van der Waals surface area contributed by atoms with Crippen LogP contribution < -0.4 is 4.74 Å². The molecule has 0 saturated heterocycles. The lowest BCUT2D eigenvalue weighted by Gasteiger charge is -2.28. The monoisotopic (exact) mass is 272 g/mol. The predicted molar refractivity (Wildman–Crippen MR) is 72.5 cm³/mol. The average molecular weight is 272 g/mol. The minimum absolute atomic E-state index is 0.0340. The Kier molecular flexibility index (Phi) is 3.14. The first-order chi connectivity index (χ1) is 9.66. The van der Waals surface area contributed by atoms with E-state index in [4.69, 9.17) is 4.74 Å². The number of hydrogen-bond acceptors (Lipinski definition) is 4. The van der Waals surface area contributed by atoms with Gasteiger partial charge in [0.05, 0.1) is 12.2 Å². The van der Waals surface area contributed by atoms with Crippen molar-refractivity contribution in [2.24, 2.45) is 0 Å². The number of para-hydroxylation sites is 1. The molecule has 1 aliphatic rings. The average Bonchev–Trinajstić information content (AvgIpc) is 3.13. The fourth-order valence-corrected chi connectivity index (χ4v) is 2.40. The minimum Gasteiger partial charge on any atom is -0.488 e. The molecule has 1 aromatic heterocycles. The molecule has 104 valence electrons. The molecule has 2 heterocycles. The topological polar surface area (TPSA) is 71.1 Å². The van der Waals surface area contributed by atoms with Crippen LogP contribution in [-0.4, -0.2) is 45.4 Å².